The first-order valence-corrected chi connectivity index (χ1v) is 15.0. The summed E-state index contributed by atoms with van der Waals surface area (Å²) in [5.41, 5.74) is 5.11. The molecule has 44 heavy (non-hydrogen) atoms. The lowest BCUT2D eigenvalue weighted by Gasteiger charge is -2.18. The van der Waals surface area contributed by atoms with Gasteiger partial charge in [0.15, 0.2) is 5.78 Å². The van der Waals surface area contributed by atoms with Gasteiger partial charge in [-0.15, -0.1) is 11.6 Å². The summed E-state index contributed by atoms with van der Waals surface area (Å²) in [7, 11) is 0. The van der Waals surface area contributed by atoms with Gasteiger partial charge in [0.2, 0.25) is 0 Å². The molecule has 0 aliphatic carbocycles. The molecule has 0 fully saturated rings. The molecule has 0 spiro atoms. The van der Waals surface area contributed by atoms with Crippen LogP contribution in [0, 0.1) is 0 Å². The average molecular weight is 606 g/mol. The van der Waals surface area contributed by atoms with Crippen LogP contribution >= 0.6 is 11.6 Å². The first-order valence-electron chi connectivity index (χ1n) is 14.4. The Kier molecular flexibility index (Phi) is 7.06. The zero-order valence-corrected chi connectivity index (χ0v) is 24.6. The fourth-order valence-electron chi connectivity index (χ4n) is 6.11. The molecule has 0 saturated heterocycles. The lowest BCUT2D eigenvalue weighted by molar-refractivity contribution is 0.0978. The number of anilines is 1. The topological polar surface area (TPSA) is 104 Å². The fraction of sp³-hybridized carbons (Fsp3) is 0.171. The maximum Gasteiger partial charge on any atom is 0.513 e. The van der Waals surface area contributed by atoms with Crippen molar-refractivity contribution in [1.29, 1.82) is 0 Å². The highest BCUT2D eigenvalue weighted by atomic mass is 35.5. The van der Waals surface area contributed by atoms with Gasteiger partial charge >= 0.3 is 6.16 Å². The summed E-state index contributed by atoms with van der Waals surface area (Å²) in [5, 5.41) is 3.43. The van der Waals surface area contributed by atoms with E-state index in [0.29, 0.717) is 35.2 Å². The number of ketones is 1. The third kappa shape index (κ3) is 4.87. The van der Waals surface area contributed by atoms with Gasteiger partial charge < -0.3 is 24.3 Å². The molecule has 4 aromatic carbocycles. The van der Waals surface area contributed by atoms with Gasteiger partial charge in [0, 0.05) is 58.0 Å². The van der Waals surface area contributed by atoms with Crippen LogP contribution in [0.4, 0.5) is 10.5 Å². The van der Waals surface area contributed by atoms with Crippen LogP contribution in [0.2, 0.25) is 0 Å². The van der Waals surface area contributed by atoms with Gasteiger partial charge in [0.1, 0.15) is 11.4 Å². The lowest BCUT2D eigenvalue weighted by Crippen LogP contribution is -2.30. The van der Waals surface area contributed by atoms with Crippen LogP contribution in [-0.2, 0) is 11.2 Å². The third-order valence-electron chi connectivity index (χ3n) is 8.13. The number of carbonyl (C=O) groups excluding carboxylic acids is 3. The maximum atomic E-state index is 14.0. The van der Waals surface area contributed by atoms with E-state index in [2.05, 4.69) is 9.97 Å². The number of para-hydroxylation sites is 1. The number of rotatable bonds is 7. The number of Topliss-reactive ketones (excluding diaryl/α,β-unsaturated/α-hetero) is 1. The molecule has 3 heterocycles. The molecule has 7 rings (SSSR count). The standard InChI is InChI=1S/C35H28ClN3O5/c1-2-43-35(42)44-32-17-30-33(25-9-5-4-8-24(25)32)23(18-36)19-39(30)34(41)29-16-22-13-20(11-12-27(22)38-29)14-31(40)28-15-21-7-3-6-10-26(21)37-28/h3-13,15-17,23,37-38H,2,14,18-19H2,1H3. The quantitative estimate of drug-likeness (QED) is 0.0838. The summed E-state index contributed by atoms with van der Waals surface area (Å²) in [5.74, 6) is 0.277. The first kappa shape index (κ1) is 27.7. The number of H-pyrrole nitrogens is 2. The highest BCUT2D eigenvalue weighted by molar-refractivity contribution is 6.19. The molecule has 2 aromatic heterocycles. The number of hydrogen-bond acceptors (Lipinski definition) is 5. The summed E-state index contributed by atoms with van der Waals surface area (Å²) in [6, 6.07) is 26.5. The summed E-state index contributed by atoms with van der Waals surface area (Å²) >= 11 is 6.43. The number of halogens is 1. The van der Waals surface area contributed by atoms with Crippen molar-refractivity contribution < 1.29 is 23.9 Å². The van der Waals surface area contributed by atoms with Gasteiger partial charge in [-0.1, -0.05) is 48.5 Å². The number of hydrogen-bond donors (Lipinski definition) is 2. The number of nitrogens with zero attached hydrogens (tertiary/aromatic N) is 1. The number of alkyl halides is 1. The van der Waals surface area contributed by atoms with Gasteiger partial charge in [-0.2, -0.15) is 0 Å². The second kappa shape index (κ2) is 11.2. The van der Waals surface area contributed by atoms with Gasteiger partial charge in [-0.05, 0) is 53.8 Å². The summed E-state index contributed by atoms with van der Waals surface area (Å²) in [4.78, 5) is 47.4. The Bertz CT molecular complexity index is 2060. The average Bonchev–Trinajstić information content (AvgIpc) is 3.76. The highest BCUT2D eigenvalue weighted by Gasteiger charge is 2.36. The van der Waals surface area contributed by atoms with E-state index in [1.807, 2.05) is 72.8 Å². The molecule has 1 unspecified atom stereocenters. The maximum absolute atomic E-state index is 14.0. The third-order valence-corrected chi connectivity index (χ3v) is 8.50. The second-order valence-corrected chi connectivity index (χ2v) is 11.2. The van der Waals surface area contributed by atoms with Crippen molar-refractivity contribution in [3.8, 4) is 5.75 Å². The van der Waals surface area contributed by atoms with E-state index in [1.54, 1.807) is 24.0 Å². The molecule has 1 aliphatic rings. The van der Waals surface area contributed by atoms with Crippen molar-refractivity contribution in [1.82, 2.24) is 9.97 Å². The molecule has 9 heteroatoms. The molecule has 1 amide bonds. The molecular formula is C35H28ClN3O5. The van der Waals surface area contributed by atoms with Crippen LogP contribution in [0.1, 0.15) is 44.9 Å². The number of carbonyl (C=O) groups is 3. The number of benzene rings is 4. The Morgan fingerprint density at radius 1 is 0.864 bits per heavy atom. The van der Waals surface area contributed by atoms with E-state index in [4.69, 9.17) is 21.1 Å². The normalized spacial score (nSPS) is 14.3. The van der Waals surface area contributed by atoms with E-state index in [9.17, 15) is 14.4 Å². The number of amides is 1. The smallest absolute Gasteiger partial charge is 0.434 e. The molecule has 8 nitrogen and oxygen atoms in total. The summed E-state index contributed by atoms with van der Waals surface area (Å²) in [6.07, 6.45) is -0.582. The minimum atomic E-state index is -0.809. The first-order chi connectivity index (χ1) is 21.4. The minimum Gasteiger partial charge on any atom is -0.434 e. The zero-order valence-electron chi connectivity index (χ0n) is 23.9. The zero-order chi connectivity index (χ0) is 30.4. The SMILES string of the molecule is CCOC(=O)Oc1cc2c(c3ccccc13)C(CCl)CN2C(=O)c1cc2cc(CC(=O)c3cc4ccccc4[nH]3)ccc2[nH]1. The highest BCUT2D eigenvalue weighted by Crippen LogP contribution is 2.46. The number of aromatic amines is 2. The van der Waals surface area contributed by atoms with Gasteiger partial charge in [-0.25, -0.2) is 4.79 Å². The Balaban J connectivity index is 1.19. The van der Waals surface area contributed by atoms with Crippen molar-refractivity contribution in [2.24, 2.45) is 0 Å². The number of fused-ring (bicyclic) bond motifs is 5. The molecule has 0 saturated carbocycles. The molecular weight excluding hydrogens is 578 g/mol. The molecule has 0 radical (unpaired) electrons. The van der Waals surface area contributed by atoms with Crippen LogP contribution in [0.25, 0.3) is 32.6 Å². The lowest BCUT2D eigenvalue weighted by atomic mass is 9.95. The Morgan fingerprint density at radius 2 is 1.59 bits per heavy atom. The van der Waals surface area contributed by atoms with Crippen molar-refractivity contribution in [3.05, 3.63) is 107 Å². The van der Waals surface area contributed by atoms with Crippen molar-refractivity contribution in [3.63, 3.8) is 0 Å². The van der Waals surface area contributed by atoms with Crippen molar-refractivity contribution in [2.75, 3.05) is 23.9 Å². The molecule has 0 bridgehead atoms. The Morgan fingerprint density at radius 3 is 2.39 bits per heavy atom. The Hall–Kier alpha value is -5.08. The number of aromatic nitrogens is 2. The molecule has 220 valence electrons. The van der Waals surface area contributed by atoms with Crippen LogP contribution in [0.3, 0.4) is 0 Å². The Labute approximate surface area is 257 Å². The molecule has 1 atom stereocenters. The monoisotopic (exact) mass is 605 g/mol. The predicted octanol–water partition coefficient (Wildman–Crippen LogP) is 7.75. The minimum absolute atomic E-state index is 0.0127. The van der Waals surface area contributed by atoms with Gasteiger partial charge in [0.25, 0.3) is 5.91 Å². The van der Waals surface area contributed by atoms with Gasteiger partial charge in [0.05, 0.1) is 18.0 Å². The van der Waals surface area contributed by atoms with Gasteiger partial charge in [-0.3, -0.25) is 9.59 Å². The fourth-order valence-corrected chi connectivity index (χ4v) is 6.36. The summed E-state index contributed by atoms with van der Waals surface area (Å²) < 4.78 is 10.6. The second-order valence-electron chi connectivity index (χ2n) is 10.9. The van der Waals surface area contributed by atoms with Crippen LogP contribution in [0.5, 0.6) is 5.75 Å². The van der Waals surface area contributed by atoms with Crippen LogP contribution in [-0.4, -0.2) is 46.8 Å². The van der Waals surface area contributed by atoms with E-state index < -0.39 is 6.16 Å². The predicted molar refractivity (Wildman–Crippen MR) is 171 cm³/mol. The van der Waals surface area contributed by atoms with E-state index in [-0.39, 0.29) is 30.6 Å². The van der Waals surface area contributed by atoms with Crippen LogP contribution < -0.4 is 9.64 Å². The van der Waals surface area contributed by atoms with E-state index in [1.165, 1.54) is 0 Å². The molecule has 1 aliphatic heterocycles. The molecule has 6 aromatic rings. The largest absolute Gasteiger partial charge is 0.513 e. The molecule has 2 N–H and O–H groups in total. The van der Waals surface area contributed by atoms with E-state index in [0.717, 1.165) is 43.7 Å². The summed E-state index contributed by atoms with van der Waals surface area (Å²) in [6.45, 7) is 2.27. The van der Waals surface area contributed by atoms with Crippen molar-refractivity contribution in [2.45, 2.75) is 19.3 Å². The van der Waals surface area contributed by atoms with Crippen LogP contribution in [0.15, 0.2) is 84.9 Å². The number of ether oxygens (including phenoxy) is 2. The number of nitrogens with one attached hydrogen (secondary N) is 2. The van der Waals surface area contributed by atoms with Crippen molar-refractivity contribution >= 4 is 67.7 Å². The van der Waals surface area contributed by atoms with E-state index >= 15 is 0 Å².